The summed E-state index contributed by atoms with van der Waals surface area (Å²) in [6, 6.07) is 2.67. The summed E-state index contributed by atoms with van der Waals surface area (Å²) in [5.74, 6) is 0.164. The van der Waals surface area contributed by atoms with Gasteiger partial charge in [0.05, 0.1) is 22.6 Å². The Morgan fingerprint density at radius 2 is 1.82 bits per heavy atom. The van der Waals surface area contributed by atoms with E-state index in [0.717, 1.165) is 35.0 Å². The van der Waals surface area contributed by atoms with Crippen LogP contribution in [0, 0.1) is 11.8 Å². The predicted octanol–water partition coefficient (Wildman–Crippen LogP) is 5.46. The first-order valence-electron chi connectivity index (χ1n) is 13.6. The van der Waals surface area contributed by atoms with Crippen LogP contribution in [0.15, 0.2) is 49.2 Å². The zero-order chi connectivity index (χ0) is 29.8. The van der Waals surface area contributed by atoms with Gasteiger partial charge in [0.1, 0.15) is 11.3 Å². The van der Waals surface area contributed by atoms with E-state index in [2.05, 4.69) is 40.7 Å². The average Bonchev–Trinajstić information content (AvgIpc) is 3.26. The fourth-order valence-corrected chi connectivity index (χ4v) is 5.96. The molecule has 0 bridgehead atoms. The van der Waals surface area contributed by atoms with E-state index >= 15 is 0 Å². The number of carbonyl (C=O) groups is 2. The first kappa shape index (κ1) is 31.4. The van der Waals surface area contributed by atoms with Gasteiger partial charge >= 0.3 is 0 Å². The minimum absolute atomic E-state index is 0.0000383. The van der Waals surface area contributed by atoms with Crippen LogP contribution in [-0.2, 0) is 27.2 Å². The number of aromatic nitrogens is 1. The number of hydrogen-bond donors (Lipinski definition) is 5. The van der Waals surface area contributed by atoms with Gasteiger partial charge in [0.25, 0.3) is 0 Å². The van der Waals surface area contributed by atoms with Crippen LogP contribution in [-0.4, -0.2) is 34.9 Å². The number of H-pyrrole nitrogens is 1. The fourth-order valence-electron chi connectivity index (χ4n) is 5.42. The lowest BCUT2D eigenvalue weighted by Gasteiger charge is -2.41. The molecular weight excluding hydrogens is 549 g/mol. The van der Waals surface area contributed by atoms with E-state index in [1.807, 2.05) is 33.8 Å². The Labute approximate surface area is 246 Å². The number of nitrogens with one attached hydrogen (secondary N) is 4. The maximum absolute atomic E-state index is 14.4. The van der Waals surface area contributed by atoms with E-state index in [1.165, 1.54) is 0 Å². The van der Waals surface area contributed by atoms with Gasteiger partial charge in [-0.1, -0.05) is 76.9 Å². The third-order valence-electron chi connectivity index (χ3n) is 8.08. The Morgan fingerprint density at radius 1 is 1.18 bits per heavy atom. The lowest BCUT2D eigenvalue weighted by atomic mass is 9.77. The number of amides is 2. The normalized spacial score (nSPS) is 19.4. The van der Waals surface area contributed by atoms with Crippen molar-refractivity contribution in [3.8, 4) is 0 Å². The van der Waals surface area contributed by atoms with Crippen LogP contribution in [0.5, 0.6) is 0 Å². The zero-order valence-corrected chi connectivity index (χ0v) is 25.3. The summed E-state index contributed by atoms with van der Waals surface area (Å²) in [5, 5.41) is 11.4. The van der Waals surface area contributed by atoms with Crippen LogP contribution in [0.2, 0.25) is 10.0 Å². The molecule has 8 nitrogen and oxygen atoms in total. The molecule has 1 aliphatic rings. The number of ether oxygens (including phenoxy) is 1. The summed E-state index contributed by atoms with van der Waals surface area (Å²) in [5.41, 5.74) is 7.88. The third-order valence-corrected chi connectivity index (χ3v) is 8.60. The number of benzene rings is 1. The van der Waals surface area contributed by atoms with Gasteiger partial charge < -0.3 is 31.4 Å². The fraction of sp³-hybridized carbons (Fsp3) is 0.467. The maximum Gasteiger partial charge on any atom is 0.246 e. The van der Waals surface area contributed by atoms with Crippen molar-refractivity contribution in [3.05, 3.63) is 70.5 Å². The van der Waals surface area contributed by atoms with E-state index < -0.39 is 11.6 Å². The van der Waals surface area contributed by atoms with Crippen molar-refractivity contribution in [2.75, 3.05) is 0 Å². The smallest absolute Gasteiger partial charge is 0.246 e. The number of halogens is 2. The van der Waals surface area contributed by atoms with Crippen LogP contribution in [0.3, 0.4) is 0 Å². The topological polar surface area (TPSA) is 121 Å². The van der Waals surface area contributed by atoms with Crippen molar-refractivity contribution in [3.63, 3.8) is 0 Å². The van der Waals surface area contributed by atoms with Gasteiger partial charge in [-0.2, -0.15) is 0 Å². The first-order chi connectivity index (χ1) is 18.9. The molecule has 0 spiro atoms. The predicted molar refractivity (Wildman–Crippen MR) is 163 cm³/mol. The monoisotopic (exact) mass is 589 g/mol. The molecule has 10 heteroatoms. The number of nitrogens with two attached hydrogens (primary N) is 1. The second kappa shape index (κ2) is 13.0. The third kappa shape index (κ3) is 6.61. The Kier molecular flexibility index (Phi) is 10.2. The highest BCUT2D eigenvalue weighted by Gasteiger charge is 2.45. The number of fused-ring (bicyclic) bond motifs is 3. The average molecular weight is 591 g/mol. The number of rotatable bonds is 14. The Hall–Kier alpha value is -3.10. The van der Waals surface area contributed by atoms with Crippen LogP contribution in [0.4, 0.5) is 0 Å². The molecule has 0 radical (unpaired) electrons. The highest BCUT2D eigenvalue weighted by atomic mass is 35.5. The summed E-state index contributed by atoms with van der Waals surface area (Å²) in [6.45, 7) is 20.0. The quantitative estimate of drug-likeness (QED) is 0.148. The Bertz CT molecular complexity index is 1310. The molecule has 0 aliphatic heterocycles. The van der Waals surface area contributed by atoms with Crippen LogP contribution >= 0.6 is 23.2 Å². The molecule has 6 N–H and O–H groups in total. The molecule has 1 aromatic heterocycles. The van der Waals surface area contributed by atoms with E-state index in [1.54, 1.807) is 6.07 Å². The lowest BCUT2D eigenvalue weighted by Crippen LogP contribution is -2.63. The maximum atomic E-state index is 14.4. The molecule has 0 saturated heterocycles. The standard InChI is InChI=1S/C30H41Cl2N5O3/c1-8-16(3)26(34-15-38)18(5)37-30(29(39)36-27(17(4)9-2)19(6)40-20(7)33)11-10-25-23(14-30)22-12-21(31)13-24(32)28(22)35-25/h12-13,15-17,26-27,35,37H,5-11,14,33H2,1-4H3,(H,34,38)(H,36,39)/t16?,17?,26-,27-,30+/m0/s1. The summed E-state index contributed by atoms with van der Waals surface area (Å²) in [6.07, 6.45) is 3.61. The molecule has 5 atom stereocenters. The molecule has 0 fully saturated rings. The molecule has 1 aromatic carbocycles. The summed E-state index contributed by atoms with van der Waals surface area (Å²) < 4.78 is 5.53. The van der Waals surface area contributed by atoms with Gasteiger partial charge in [-0.3, -0.25) is 9.59 Å². The molecule has 218 valence electrons. The van der Waals surface area contributed by atoms with Crippen molar-refractivity contribution >= 4 is 46.4 Å². The molecule has 3 rings (SSSR count). The Balaban J connectivity index is 2.08. The Morgan fingerprint density at radius 3 is 2.42 bits per heavy atom. The van der Waals surface area contributed by atoms with Crippen LogP contribution in [0.1, 0.15) is 58.2 Å². The molecule has 2 aromatic rings. The second-order valence-corrected chi connectivity index (χ2v) is 11.7. The summed E-state index contributed by atoms with van der Waals surface area (Å²) in [7, 11) is 0. The number of aromatic amines is 1. The summed E-state index contributed by atoms with van der Waals surface area (Å²) in [4.78, 5) is 29.3. The SMILES string of the molecule is C=C(N)OC(=C)[C@@H](NC(=O)[C@@]1(NC(=C)[C@@H](NC=O)C(C)CC)CCc2[nH]c3c(Cl)cc(Cl)cc3c2C1)C(C)CC. The van der Waals surface area contributed by atoms with E-state index in [4.69, 9.17) is 33.7 Å². The largest absolute Gasteiger partial charge is 0.445 e. The van der Waals surface area contributed by atoms with Crippen molar-refractivity contribution < 1.29 is 14.3 Å². The van der Waals surface area contributed by atoms with Gasteiger partial charge in [-0.05, 0) is 49.0 Å². The van der Waals surface area contributed by atoms with Gasteiger partial charge in [-0.15, -0.1) is 0 Å². The molecule has 40 heavy (non-hydrogen) atoms. The van der Waals surface area contributed by atoms with Crippen LogP contribution in [0.25, 0.3) is 10.9 Å². The highest BCUT2D eigenvalue weighted by Crippen LogP contribution is 2.39. The molecule has 1 aliphatic carbocycles. The molecule has 0 saturated carbocycles. The zero-order valence-electron chi connectivity index (χ0n) is 23.8. The molecule has 1 heterocycles. The molecule has 2 unspecified atom stereocenters. The second-order valence-electron chi connectivity index (χ2n) is 10.8. The van der Waals surface area contributed by atoms with E-state index in [-0.39, 0.29) is 29.7 Å². The van der Waals surface area contributed by atoms with Crippen molar-refractivity contribution in [2.45, 2.75) is 77.4 Å². The van der Waals surface area contributed by atoms with Crippen molar-refractivity contribution in [1.29, 1.82) is 0 Å². The first-order valence-corrected chi connectivity index (χ1v) is 14.4. The number of hydrogen-bond acceptors (Lipinski definition) is 5. The van der Waals surface area contributed by atoms with E-state index in [9.17, 15) is 9.59 Å². The number of aryl methyl sites for hydroxylation is 1. The summed E-state index contributed by atoms with van der Waals surface area (Å²) >= 11 is 12.9. The minimum atomic E-state index is -1.10. The number of carbonyl (C=O) groups excluding carboxylic acids is 2. The van der Waals surface area contributed by atoms with Gasteiger partial charge in [0.2, 0.25) is 12.3 Å². The highest BCUT2D eigenvalue weighted by molar-refractivity contribution is 6.38. The van der Waals surface area contributed by atoms with Crippen molar-refractivity contribution in [1.82, 2.24) is 20.9 Å². The van der Waals surface area contributed by atoms with Gasteiger partial charge in [0, 0.05) is 28.2 Å². The van der Waals surface area contributed by atoms with Crippen LogP contribution < -0.4 is 21.7 Å². The van der Waals surface area contributed by atoms with Crippen molar-refractivity contribution in [2.24, 2.45) is 17.6 Å². The lowest BCUT2D eigenvalue weighted by molar-refractivity contribution is -0.129. The van der Waals surface area contributed by atoms with Gasteiger partial charge in [-0.25, -0.2) is 0 Å². The van der Waals surface area contributed by atoms with Gasteiger partial charge in [0.15, 0.2) is 5.88 Å². The van der Waals surface area contributed by atoms with E-state index in [0.29, 0.717) is 47.2 Å². The molecule has 2 amide bonds. The minimum Gasteiger partial charge on any atom is -0.445 e. The molecular formula is C30H41Cl2N5O3.